The summed E-state index contributed by atoms with van der Waals surface area (Å²) >= 11 is 0. The zero-order valence-electron chi connectivity index (χ0n) is 15.3. The molecule has 4 nitrogen and oxygen atoms in total. The van der Waals surface area contributed by atoms with Gasteiger partial charge in [0.2, 0.25) is 0 Å². The van der Waals surface area contributed by atoms with Gasteiger partial charge in [0.1, 0.15) is 0 Å². The van der Waals surface area contributed by atoms with Crippen molar-refractivity contribution in [1.82, 2.24) is 10.6 Å². The van der Waals surface area contributed by atoms with Gasteiger partial charge in [0.05, 0.1) is 6.54 Å². The van der Waals surface area contributed by atoms with Crippen LogP contribution < -0.4 is 16.4 Å². The smallest absolute Gasteiger partial charge is 0.188 e. The molecule has 0 aromatic heterocycles. The van der Waals surface area contributed by atoms with Crippen LogP contribution in [-0.4, -0.2) is 24.6 Å². The van der Waals surface area contributed by atoms with Crippen LogP contribution in [0, 0.1) is 5.92 Å². The molecule has 1 aromatic rings. The molecule has 2 aliphatic rings. The number of guanidine groups is 1. The molecule has 1 atom stereocenters. The largest absolute Gasteiger partial charge is 0.370 e. The minimum Gasteiger partial charge on any atom is -0.370 e. The van der Waals surface area contributed by atoms with Crippen LogP contribution in [0.4, 0.5) is 0 Å². The van der Waals surface area contributed by atoms with Crippen molar-refractivity contribution in [2.24, 2.45) is 16.6 Å². The Hall–Kier alpha value is -0.820. The molecule has 2 aliphatic carbocycles. The van der Waals surface area contributed by atoms with E-state index in [0.717, 1.165) is 19.0 Å². The average Bonchev–Trinajstić information content (AvgIpc) is 3.01. The van der Waals surface area contributed by atoms with Gasteiger partial charge in [-0.15, -0.1) is 24.0 Å². The maximum absolute atomic E-state index is 6.09. The summed E-state index contributed by atoms with van der Waals surface area (Å²) in [5.41, 5.74) is 7.52. The fraction of sp³-hybridized carbons (Fsp3) is 0.650. The third-order valence-electron chi connectivity index (χ3n) is 5.73. The van der Waals surface area contributed by atoms with Gasteiger partial charge in [-0.25, -0.2) is 0 Å². The van der Waals surface area contributed by atoms with Crippen LogP contribution in [0.25, 0.3) is 0 Å². The van der Waals surface area contributed by atoms with Gasteiger partial charge >= 0.3 is 0 Å². The summed E-state index contributed by atoms with van der Waals surface area (Å²) in [5, 5.41) is 7.17. The third-order valence-corrected chi connectivity index (χ3v) is 5.73. The molecule has 0 aliphatic heterocycles. The fourth-order valence-corrected chi connectivity index (χ4v) is 3.92. The first-order valence-corrected chi connectivity index (χ1v) is 9.53. The van der Waals surface area contributed by atoms with Gasteiger partial charge in [0.25, 0.3) is 0 Å². The molecule has 0 spiro atoms. The topological polar surface area (TPSA) is 62.4 Å². The summed E-state index contributed by atoms with van der Waals surface area (Å²) < 4.78 is 0. The van der Waals surface area contributed by atoms with Crippen molar-refractivity contribution in [2.45, 2.75) is 63.5 Å². The lowest BCUT2D eigenvalue weighted by Crippen LogP contribution is -2.48. The average molecular weight is 456 g/mol. The van der Waals surface area contributed by atoms with E-state index >= 15 is 0 Å². The highest BCUT2D eigenvalue weighted by molar-refractivity contribution is 14.0. The van der Waals surface area contributed by atoms with Gasteiger partial charge in [0.15, 0.2) is 5.96 Å². The van der Waals surface area contributed by atoms with Crippen molar-refractivity contribution in [3.05, 3.63) is 35.9 Å². The second-order valence-electron chi connectivity index (χ2n) is 7.64. The lowest BCUT2D eigenvalue weighted by molar-refractivity contribution is 0.305. The van der Waals surface area contributed by atoms with Crippen LogP contribution in [0.1, 0.15) is 63.5 Å². The zero-order valence-corrected chi connectivity index (χ0v) is 17.7. The van der Waals surface area contributed by atoms with Gasteiger partial charge in [0, 0.05) is 18.1 Å². The Morgan fingerprint density at radius 1 is 1.20 bits per heavy atom. The first-order chi connectivity index (χ1) is 11.7. The molecule has 2 saturated carbocycles. The van der Waals surface area contributed by atoms with Gasteiger partial charge in [-0.1, -0.05) is 49.6 Å². The Morgan fingerprint density at radius 3 is 2.48 bits per heavy atom. The Morgan fingerprint density at radius 2 is 1.88 bits per heavy atom. The van der Waals surface area contributed by atoms with Crippen molar-refractivity contribution in [3.8, 4) is 0 Å². The van der Waals surface area contributed by atoms with E-state index < -0.39 is 0 Å². The normalized spacial score (nSPS) is 21.2. The van der Waals surface area contributed by atoms with E-state index in [1.54, 1.807) is 0 Å². The number of nitrogens with two attached hydrogens (primary N) is 1. The molecule has 1 aromatic carbocycles. The number of hydrogen-bond donors (Lipinski definition) is 3. The van der Waals surface area contributed by atoms with Crippen LogP contribution in [0.3, 0.4) is 0 Å². The maximum atomic E-state index is 6.09. The summed E-state index contributed by atoms with van der Waals surface area (Å²) in [5.74, 6) is 1.41. The Balaban J connectivity index is 0.00000225. The molecule has 0 bridgehead atoms. The number of nitrogens with zero attached hydrogens (tertiary/aromatic N) is 1. The van der Waals surface area contributed by atoms with Crippen molar-refractivity contribution in [1.29, 1.82) is 0 Å². The molecule has 25 heavy (non-hydrogen) atoms. The summed E-state index contributed by atoms with van der Waals surface area (Å²) in [6, 6.07) is 11.0. The molecule has 0 heterocycles. The van der Waals surface area contributed by atoms with Crippen molar-refractivity contribution >= 4 is 29.9 Å². The second kappa shape index (κ2) is 9.76. The van der Waals surface area contributed by atoms with Crippen molar-refractivity contribution in [2.75, 3.05) is 13.1 Å². The first-order valence-electron chi connectivity index (χ1n) is 9.53. The number of hydrogen-bond acceptors (Lipinski definition) is 2. The minimum absolute atomic E-state index is 0. The number of halogens is 1. The van der Waals surface area contributed by atoms with Crippen LogP contribution in [0.2, 0.25) is 0 Å². The fourth-order valence-electron chi connectivity index (χ4n) is 3.92. The van der Waals surface area contributed by atoms with E-state index in [-0.39, 0.29) is 29.5 Å². The predicted octanol–water partition coefficient (Wildman–Crippen LogP) is 3.97. The van der Waals surface area contributed by atoms with Crippen LogP contribution in [0.15, 0.2) is 35.3 Å². The van der Waals surface area contributed by atoms with E-state index in [1.165, 1.54) is 50.5 Å². The van der Waals surface area contributed by atoms with Crippen LogP contribution in [0.5, 0.6) is 0 Å². The molecule has 4 N–H and O–H groups in total. The lowest BCUT2D eigenvalue weighted by atomic mass is 9.85. The Bertz CT molecular complexity index is 536. The van der Waals surface area contributed by atoms with E-state index in [9.17, 15) is 0 Å². The summed E-state index contributed by atoms with van der Waals surface area (Å²) in [7, 11) is 0. The molecule has 2 fully saturated rings. The van der Waals surface area contributed by atoms with Gasteiger partial charge < -0.3 is 16.4 Å². The molecule has 0 radical (unpaired) electrons. The maximum Gasteiger partial charge on any atom is 0.188 e. The van der Waals surface area contributed by atoms with Gasteiger partial charge in [-0.3, -0.25) is 4.99 Å². The van der Waals surface area contributed by atoms with Crippen molar-refractivity contribution < 1.29 is 0 Å². The Labute approximate surface area is 169 Å². The van der Waals surface area contributed by atoms with Crippen LogP contribution in [-0.2, 0) is 0 Å². The second-order valence-corrected chi connectivity index (χ2v) is 7.64. The highest BCUT2D eigenvalue weighted by Crippen LogP contribution is 2.32. The molecule has 5 heteroatoms. The highest BCUT2D eigenvalue weighted by atomic mass is 127. The van der Waals surface area contributed by atoms with Crippen molar-refractivity contribution in [3.63, 3.8) is 0 Å². The highest BCUT2D eigenvalue weighted by Gasteiger charge is 2.34. The van der Waals surface area contributed by atoms with Crippen LogP contribution >= 0.6 is 24.0 Å². The Kier molecular flexibility index (Phi) is 8.00. The predicted molar refractivity (Wildman–Crippen MR) is 116 cm³/mol. The number of aliphatic imine (C=N–C) groups is 1. The van der Waals surface area contributed by atoms with E-state index in [0.29, 0.717) is 12.0 Å². The lowest BCUT2D eigenvalue weighted by Gasteiger charge is -2.33. The first kappa shape index (κ1) is 20.5. The summed E-state index contributed by atoms with van der Waals surface area (Å²) in [6.07, 6.45) is 8.96. The van der Waals surface area contributed by atoms with E-state index in [4.69, 9.17) is 5.73 Å². The minimum atomic E-state index is 0. The number of benzene rings is 1. The monoisotopic (exact) mass is 456 g/mol. The number of rotatable bonds is 7. The quantitative estimate of drug-likeness (QED) is 0.331. The molecule has 140 valence electrons. The van der Waals surface area contributed by atoms with E-state index in [1.807, 2.05) is 0 Å². The molecular formula is C20H33IN4. The SMILES string of the molecule is CC(NC1(CN=C(N)NCC2CCC2)CCCC1)c1ccccc1.I. The standard InChI is InChI=1S/C20H32N4.HI/c1-16(18-10-3-2-4-11-18)24-20(12-5-6-13-20)15-23-19(21)22-14-17-8-7-9-17;/h2-4,10-11,16-17,24H,5-9,12-15H2,1H3,(H3,21,22,23);1H. The zero-order chi connectivity index (χ0) is 16.8. The number of nitrogens with one attached hydrogen (secondary N) is 2. The molecule has 3 rings (SSSR count). The molecule has 0 amide bonds. The summed E-state index contributed by atoms with van der Waals surface area (Å²) in [6.45, 7) is 4.00. The molecular weight excluding hydrogens is 423 g/mol. The third kappa shape index (κ3) is 5.84. The van der Waals surface area contributed by atoms with Gasteiger partial charge in [-0.2, -0.15) is 0 Å². The summed E-state index contributed by atoms with van der Waals surface area (Å²) in [4.78, 5) is 4.68. The molecule has 1 unspecified atom stereocenters. The van der Waals surface area contributed by atoms with Gasteiger partial charge in [-0.05, 0) is 44.1 Å². The molecule has 0 saturated heterocycles. The van der Waals surface area contributed by atoms with E-state index in [2.05, 4.69) is 52.9 Å².